The minimum atomic E-state index is -0.391. The number of para-hydroxylation sites is 1. The Kier molecular flexibility index (Phi) is 5.95. The summed E-state index contributed by atoms with van der Waals surface area (Å²) < 4.78 is 5.29. The summed E-state index contributed by atoms with van der Waals surface area (Å²) in [5, 5.41) is 12.1. The standard InChI is InChI=1S/C18H22N4O3S/c1-3-25-9-8-15-20-21-18(26-15)19-17(24)13-10-16(23)22(11-13)14-7-5-4-6-12(14)2/h4-7,13H,3,8-11H2,1-2H3,(H,19,21,24)/t13-/m0/s1. The van der Waals surface area contributed by atoms with Gasteiger partial charge in [0.05, 0.1) is 12.5 Å². The number of aryl methyl sites for hydroxylation is 1. The maximum Gasteiger partial charge on any atom is 0.231 e. The third kappa shape index (κ3) is 4.25. The topological polar surface area (TPSA) is 84.4 Å². The summed E-state index contributed by atoms with van der Waals surface area (Å²) in [4.78, 5) is 26.6. The Balaban J connectivity index is 1.59. The highest BCUT2D eigenvalue weighted by molar-refractivity contribution is 7.15. The van der Waals surface area contributed by atoms with Crippen LogP contribution in [-0.4, -0.2) is 41.8 Å². The van der Waals surface area contributed by atoms with Gasteiger partial charge >= 0.3 is 0 Å². The Labute approximate surface area is 156 Å². The van der Waals surface area contributed by atoms with E-state index in [1.807, 2.05) is 38.1 Å². The first-order valence-electron chi connectivity index (χ1n) is 8.65. The molecule has 1 aromatic heterocycles. The summed E-state index contributed by atoms with van der Waals surface area (Å²) in [6.45, 7) is 5.53. The van der Waals surface area contributed by atoms with Gasteiger partial charge in [-0.2, -0.15) is 0 Å². The summed E-state index contributed by atoms with van der Waals surface area (Å²) in [5.74, 6) is -0.617. The first-order chi connectivity index (χ1) is 12.6. The first kappa shape index (κ1) is 18.5. The zero-order valence-electron chi connectivity index (χ0n) is 14.9. The van der Waals surface area contributed by atoms with E-state index in [1.54, 1.807) is 4.90 Å². The van der Waals surface area contributed by atoms with Gasteiger partial charge in [-0.25, -0.2) is 0 Å². The molecule has 0 unspecified atom stereocenters. The lowest BCUT2D eigenvalue weighted by Gasteiger charge is -2.18. The second-order valence-corrected chi connectivity index (χ2v) is 7.19. The van der Waals surface area contributed by atoms with Crippen molar-refractivity contribution in [1.29, 1.82) is 0 Å². The van der Waals surface area contributed by atoms with Crippen LogP contribution in [-0.2, 0) is 20.7 Å². The van der Waals surface area contributed by atoms with Gasteiger partial charge in [-0.3, -0.25) is 9.59 Å². The van der Waals surface area contributed by atoms with Gasteiger partial charge in [0.25, 0.3) is 0 Å². The smallest absolute Gasteiger partial charge is 0.231 e. The predicted octanol–water partition coefficient (Wildman–Crippen LogP) is 2.42. The van der Waals surface area contributed by atoms with Crippen LogP contribution < -0.4 is 10.2 Å². The van der Waals surface area contributed by atoms with Crippen LogP contribution in [0.5, 0.6) is 0 Å². The number of nitrogens with zero attached hydrogens (tertiary/aromatic N) is 3. The highest BCUT2D eigenvalue weighted by Crippen LogP contribution is 2.28. The minimum Gasteiger partial charge on any atom is -0.381 e. The van der Waals surface area contributed by atoms with Gasteiger partial charge in [0.15, 0.2) is 0 Å². The first-order valence-corrected chi connectivity index (χ1v) is 9.47. The van der Waals surface area contributed by atoms with Gasteiger partial charge in [0.2, 0.25) is 16.9 Å². The summed E-state index contributed by atoms with van der Waals surface area (Å²) in [6, 6.07) is 7.69. The number of hydrogen-bond donors (Lipinski definition) is 1. The molecule has 0 bridgehead atoms. The van der Waals surface area contributed by atoms with Gasteiger partial charge in [-0.05, 0) is 25.5 Å². The quantitative estimate of drug-likeness (QED) is 0.753. The van der Waals surface area contributed by atoms with E-state index in [0.29, 0.717) is 31.3 Å². The number of nitrogens with one attached hydrogen (secondary N) is 1. The highest BCUT2D eigenvalue weighted by atomic mass is 32.1. The largest absolute Gasteiger partial charge is 0.381 e. The number of anilines is 2. The predicted molar refractivity (Wildman–Crippen MR) is 100 cm³/mol. The average molecular weight is 374 g/mol. The molecule has 1 N–H and O–H groups in total. The summed E-state index contributed by atoms with van der Waals surface area (Å²) >= 11 is 1.34. The van der Waals surface area contributed by atoms with Crippen LogP contribution in [0.3, 0.4) is 0 Å². The number of hydrogen-bond acceptors (Lipinski definition) is 6. The molecule has 1 aliphatic heterocycles. The fourth-order valence-electron chi connectivity index (χ4n) is 2.90. The maximum atomic E-state index is 12.5. The van der Waals surface area contributed by atoms with Crippen LogP contribution in [0.4, 0.5) is 10.8 Å². The van der Waals surface area contributed by atoms with Crippen molar-refractivity contribution in [2.45, 2.75) is 26.7 Å². The van der Waals surface area contributed by atoms with Crippen LogP contribution in [0.2, 0.25) is 0 Å². The third-order valence-corrected chi connectivity index (χ3v) is 5.16. The van der Waals surface area contributed by atoms with Crippen LogP contribution >= 0.6 is 11.3 Å². The molecule has 0 saturated carbocycles. The molecule has 26 heavy (non-hydrogen) atoms. The molecular weight excluding hydrogens is 352 g/mol. The molecule has 1 saturated heterocycles. The maximum absolute atomic E-state index is 12.5. The van der Waals surface area contributed by atoms with E-state index in [2.05, 4.69) is 15.5 Å². The SMILES string of the molecule is CCOCCc1nnc(NC(=O)[C@H]2CC(=O)N(c3ccccc3C)C2)s1. The third-order valence-electron chi connectivity index (χ3n) is 4.26. The van der Waals surface area contributed by atoms with Crippen molar-refractivity contribution >= 4 is 34.0 Å². The molecule has 0 aliphatic carbocycles. The van der Waals surface area contributed by atoms with Gasteiger partial charge in [0, 0.05) is 31.7 Å². The number of carbonyl (C=O) groups is 2. The lowest BCUT2D eigenvalue weighted by Crippen LogP contribution is -2.28. The molecule has 1 fully saturated rings. The van der Waals surface area contributed by atoms with Crippen molar-refractivity contribution in [2.75, 3.05) is 30.0 Å². The van der Waals surface area contributed by atoms with E-state index in [9.17, 15) is 9.59 Å². The number of amides is 2. The number of ether oxygens (including phenoxy) is 1. The van der Waals surface area contributed by atoms with E-state index in [1.165, 1.54) is 11.3 Å². The van der Waals surface area contributed by atoms with Crippen molar-refractivity contribution in [3.05, 3.63) is 34.8 Å². The summed E-state index contributed by atoms with van der Waals surface area (Å²) in [7, 11) is 0. The van der Waals surface area contributed by atoms with Crippen LogP contribution in [0.1, 0.15) is 23.9 Å². The summed E-state index contributed by atoms with van der Waals surface area (Å²) in [6.07, 6.45) is 0.876. The normalized spacial score (nSPS) is 16.9. The Morgan fingerprint density at radius 1 is 1.38 bits per heavy atom. The fourth-order valence-corrected chi connectivity index (χ4v) is 3.62. The van der Waals surface area contributed by atoms with Crippen molar-refractivity contribution in [2.24, 2.45) is 5.92 Å². The molecule has 2 aromatic rings. The molecule has 8 heteroatoms. The van der Waals surface area contributed by atoms with Gasteiger partial charge in [-0.1, -0.05) is 29.5 Å². The zero-order chi connectivity index (χ0) is 18.5. The van der Waals surface area contributed by atoms with Crippen LogP contribution in [0.25, 0.3) is 0 Å². The average Bonchev–Trinajstić information content (AvgIpc) is 3.22. The second kappa shape index (κ2) is 8.37. The van der Waals surface area contributed by atoms with Crippen molar-refractivity contribution < 1.29 is 14.3 Å². The van der Waals surface area contributed by atoms with Crippen LogP contribution in [0.15, 0.2) is 24.3 Å². The molecule has 3 rings (SSSR count). The second-order valence-electron chi connectivity index (χ2n) is 6.13. The number of benzene rings is 1. The van der Waals surface area contributed by atoms with E-state index in [-0.39, 0.29) is 18.2 Å². The molecular formula is C18H22N4O3S. The minimum absolute atomic E-state index is 0.0332. The molecule has 0 spiro atoms. The van der Waals surface area contributed by atoms with Gasteiger partial charge < -0.3 is 15.0 Å². The summed E-state index contributed by atoms with van der Waals surface area (Å²) in [5.41, 5.74) is 1.88. The van der Waals surface area contributed by atoms with Crippen molar-refractivity contribution in [1.82, 2.24) is 10.2 Å². The monoisotopic (exact) mass is 374 g/mol. The number of aromatic nitrogens is 2. The molecule has 0 radical (unpaired) electrons. The molecule has 2 heterocycles. The number of rotatable bonds is 7. The lowest BCUT2D eigenvalue weighted by atomic mass is 10.1. The molecule has 1 atom stereocenters. The Bertz CT molecular complexity index is 792. The molecule has 2 amide bonds. The van der Waals surface area contributed by atoms with E-state index in [4.69, 9.17) is 4.74 Å². The molecule has 7 nitrogen and oxygen atoms in total. The van der Waals surface area contributed by atoms with Crippen LogP contribution in [0, 0.1) is 12.8 Å². The Hall–Kier alpha value is -2.32. The Morgan fingerprint density at radius 3 is 2.96 bits per heavy atom. The Morgan fingerprint density at radius 2 is 2.19 bits per heavy atom. The molecule has 1 aromatic carbocycles. The zero-order valence-corrected chi connectivity index (χ0v) is 15.7. The van der Waals surface area contributed by atoms with Crippen molar-refractivity contribution in [3.63, 3.8) is 0 Å². The van der Waals surface area contributed by atoms with Gasteiger partial charge in [-0.15, -0.1) is 10.2 Å². The lowest BCUT2D eigenvalue weighted by molar-refractivity contribution is -0.122. The van der Waals surface area contributed by atoms with E-state index >= 15 is 0 Å². The number of carbonyl (C=O) groups excluding carboxylic acids is 2. The van der Waals surface area contributed by atoms with Gasteiger partial charge in [0.1, 0.15) is 5.01 Å². The fraction of sp³-hybridized carbons (Fsp3) is 0.444. The van der Waals surface area contributed by atoms with E-state index < -0.39 is 5.92 Å². The molecule has 1 aliphatic rings. The highest BCUT2D eigenvalue weighted by Gasteiger charge is 2.35. The van der Waals surface area contributed by atoms with Crippen molar-refractivity contribution in [3.8, 4) is 0 Å². The van der Waals surface area contributed by atoms with E-state index in [0.717, 1.165) is 16.3 Å². The molecule has 138 valence electrons.